The third kappa shape index (κ3) is 5.84. The van der Waals surface area contributed by atoms with Crippen LogP contribution >= 0.6 is 11.6 Å². The number of carbonyl (C=O) groups is 1. The molecule has 2 nitrogen and oxygen atoms in total. The van der Waals surface area contributed by atoms with Gasteiger partial charge in [0, 0.05) is 16.6 Å². The van der Waals surface area contributed by atoms with E-state index in [0.717, 1.165) is 43.4 Å². The molecule has 0 N–H and O–H groups in total. The molecule has 25 heavy (non-hydrogen) atoms. The van der Waals surface area contributed by atoms with Gasteiger partial charge in [-0.1, -0.05) is 19.8 Å². The predicted octanol–water partition coefficient (Wildman–Crippen LogP) is 2.82. The molecular weight excluding hydrogens is 412 g/mol. The van der Waals surface area contributed by atoms with Crippen LogP contribution in [0.4, 0.5) is 4.39 Å². The van der Waals surface area contributed by atoms with Gasteiger partial charge in [0.05, 0.1) is 5.92 Å². The summed E-state index contributed by atoms with van der Waals surface area (Å²) in [5.74, 6) is 1.52. The summed E-state index contributed by atoms with van der Waals surface area (Å²) >= 11 is 5.83. The van der Waals surface area contributed by atoms with Crippen LogP contribution in [0.1, 0.15) is 58.3 Å². The Labute approximate surface area is 204 Å². The first kappa shape index (κ1) is 22.0. The molecule has 2 fully saturated rings. The van der Waals surface area contributed by atoms with Crippen molar-refractivity contribution >= 4 is 17.6 Å². The van der Waals surface area contributed by atoms with Gasteiger partial charge in [-0.3, -0.25) is 4.79 Å². The molecule has 2 aliphatic rings. The Morgan fingerprint density at radius 2 is 1.68 bits per heavy atom. The Hall–Kier alpha value is 0.715. The molecule has 1 aromatic rings. The van der Waals surface area contributed by atoms with Crippen LogP contribution in [-0.4, -0.2) is 5.97 Å². The molecule has 0 saturated heterocycles. The Balaban J connectivity index is 0.00000225. The van der Waals surface area contributed by atoms with Crippen LogP contribution in [-0.2, 0) is 4.79 Å². The van der Waals surface area contributed by atoms with Gasteiger partial charge in [0.25, 0.3) is 0 Å². The summed E-state index contributed by atoms with van der Waals surface area (Å²) in [7, 11) is 0. The summed E-state index contributed by atoms with van der Waals surface area (Å²) < 4.78 is 18.7. The van der Waals surface area contributed by atoms with Gasteiger partial charge in [-0.15, -0.1) is 12.1 Å². The van der Waals surface area contributed by atoms with E-state index in [1.807, 2.05) is 0 Å². The fraction of sp³-hybridized carbons (Fsp3) is 0.650. The predicted molar refractivity (Wildman–Crippen MR) is 92.5 cm³/mol. The molecule has 1 aromatic carbocycles. The Bertz CT molecular complexity index is 579. The number of carbonyl (C=O) groups excluding carboxylic acids is 1. The molecule has 0 aliphatic heterocycles. The molecule has 3 rings (SSSR count). The summed E-state index contributed by atoms with van der Waals surface area (Å²) in [6.07, 6.45) is 9.33. The number of rotatable bonds is 3. The number of hydrogen-bond acceptors (Lipinski definition) is 2. The minimum absolute atomic E-state index is 0. The average molecular weight is 437 g/mol. The van der Waals surface area contributed by atoms with Gasteiger partial charge in [-0.25, -0.2) is 4.39 Å². The second-order valence-electron chi connectivity index (χ2n) is 7.52. The number of ether oxygens (including phenoxy) is 1. The molecule has 0 aromatic heterocycles. The quantitative estimate of drug-likeness (QED) is 0.413. The molecule has 0 bridgehead atoms. The monoisotopic (exact) mass is 436 g/mol. The van der Waals surface area contributed by atoms with Crippen molar-refractivity contribution in [2.75, 3.05) is 0 Å². The molecule has 0 radical (unpaired) electrons. The minimum atomic E-state index is -0.683. The van der Waals surface area contributed by atoms with Crippen molar-refractivity contribution < 1.29 is 72.1 Å². The second kappa shape index (κ2) is 10.3. The number of halogens is 2. The molecule has 132 valence electrons. The van der Waals surface area contributed by atoms with Gasteiger partial charge in [0.15, 0.2) is 0 Å². The first-order valence-electron chi connectivity index (χ1n) is 9.12. The maximum Gasteiger partial charge on any atom is 1.00 e. The first-order chi connectivity index (χ1) is 11.5. The van der Waals surface area contributed by atoms with E-state index >= 15 is 0 Å². The van der Waals surface area contributed by atoms with E-state index in [9.17, 15) is 9.18 Å². The topological polar surface area (TPSA) is 26.3 Å². The van der Waals surface area contributed by atoms with Crippen LogP contribution in [0.3, 0.4) is 0 Å². The van der Waals surface area contributed by atoms with E-state index in [4.69, 9.17) is 16.3 Å². The van der Waals surface area contributed by atoms with E-state index in [2.05, 4.69) is 13.0 Å². The van der Waals surface area contributed by atoms with Crippen LogP contribution in [0.2, 0.25) is 5.02 Å². The molecule has 0 spiro atoms. The number of benzene rings is 1. The molecule has 0 amide bonds. The number of esters is 1. The third-order valence-corrected chi connectivity index (χ3v) is 6.25. The van der Waals surface area contributed by atoms with Crippen LogP contribution < -0.4 is 62.9 Å². The van der Waals surface area contributed by atoms with Crippen molar-refractivity contribution in [3.8, 4) is 5.75 Å². The summed E-state index contributed by atoms with van der Waals surface area (Å²) in [6, 6.07) is 5.21. The summed E-state index contributed by atoms with van der Waals surface area (Å²) in [5.41, 5.74) is 0. The third-order valence-electron chi connectivity index (χ3n) is 5.90. The summed E-state index contributed by atoms with van der Waals surface area (Å²) in [6.45, 7) is 2.35. The SMILES string of the molecule is CC1CCC(C2CCC(C(=O)Oc3cc[c-]c(F)c3Cl)CC2)CC1.[Rb+]. The van der Waals surface area contributed by atoms with Gasteiger partial charge in [-0.05, 0) is 56.3 Å². The summed E-state index contributed by atoms with van der Waals surface area (Å²) in [4.78, 5) is 12.3. The Morgan fingerprint density at radius 3 is 2.28 bits per heavy atom. The largest absolute Gasteiger partial charge is 1.00 e. The van der Waals surface area contributed by atoms with Crippen LogP contribution in [0.15, 0.2) is 12.1 Å². The maximum atomic E-state index is 13.4. The van der Waals surface area contributed by atoms with E-state index < -0.39 is 5.82 Å². The van der Waals surface area contributed by atoms with Crippen LogP contribution in [0, 0.1) is 35.6 Å². The van der Waals surface area contributed by atoms with E-state index in [0.29, 0.717) is 0 Å². The molecular formula is C20H25ClFO2Rb. The van der Waals surface area contributed by atoms with E-state index in [-0.39, 0.29) is 80.8 Å². The van der Waals surface area contributed by atoms with Gasteiger partial charge in [0.2, 0.25) is 0 Å². The fourth-order valence-electron chi connectivity index (χ4n) is 4.29. The van der Waals surface area contributed by atoms with Crippen molar-refractivity contribution in [2.24, 2.45) is 23.7 Å². The van der Waals surface area contributed by atoms with Crippen LogP contribution in [0.25, 0.3) is 0 Å². The molecule has 0 heterocycles. The maximum absolute atomic E-state index is 13.4. The fourth-order valence-corrected chi connectivity index (χ4v) is 4.45. The minimum Gasteiger partial charge on any atom is -0.451 e. The smallest absolute Gasteiger partial charge is 0.451 e. The molecule has 2 saturated carbocycles. The van der Waals surface area contributed by atoms with E-state index in [1.54, 1.807) is 0 Å². The first-order valence-corrected chi connectivity index (χ1v) is 9.49. The van der Waals surface area contributed by atoms with Crippen molar-refractivity contribution in [2.45, 2.75) is 58.3 Å². The van der Waals surface area contributed by atoms with Gasteiger partial charge in [0.1, 0.15) is 0 Å². The molecule has 2 aliphatic carbocycles. The van der Waals surface area contributed by atoms with Crippen molar-refractivity contribution in [3.63, 3.8) is 0 Å². The molecule has 5 heteroatoms. The Kier molecular flexibility index (Phi) is 9.08. The van der Waals surface area contributed by atoms with Crippen molar-refractivity contribution in [1.29, 1.82) is 0 Å². The van der Waals surface area contributed by atoms with Gasteiger partial charge in [-0.2, -0.15) is 17.7 Å². The average Bonchev–Trinajstić information content (AvgIpc) is 2.60. The van der Waals surface area contributed by atoms with Crippen molar-refractivity contribution in [1.82, 2.24) is 0 Å². The molecule has 0 atom stereocenters. The van der Waals surface area contributed by atoms with E-state index in [1.165, 1.54) is 37.8 Å². The normalized spacial score (nSPS) is 29.6. The number of hydrogen-bond donors (Lipinski definition) is 0. The van der Waals surface area contributed by atoms with Crippen LogP contribution in [0.5, 0.6) is 5.75 Å². The molecule has 0 unspecified atom stereocenters. The van der Waals surface area contributed by atoms with Gasteiger partial charge >= 0.3 is 64.2 Å². The zero-order chi connectivity index (χ0) is 17.1. The zero-order valence-corrected chi connectivity index (χ0v) is 20.9. The zero-order valence-electron chi connectivity index (χ0n) is 15.2. The Morgan fingerprint density at radius 1 is 1.12 bits per heavy atom. The standard InChI is InChI=1S/C20H25ClFO2.Rb/c1-13-5-7-14(8-6-13)15-9-11-16(12-10-15)20(23)24-18-4-2-3-17(22)19(18)21;/h2,4,13-16H,5-12H2,1H3;/q-1;+1. The summed E-state index contributed by atoms with van der Waals surface area (Å²) in [5, 5.41) is -0.170. The van der Waals surface area contributed by atoms with Crippen molar-refractivity contribution in [3.05, 3.63) is 29.0 Å². The van der Waals surface area contributed by atoms with Gasteiger partial charge < -0.3 is 4.74 Å². The second-order valence-corrected chi connectivity index (χ2v) is 7.90.